The molecular weight excluding hydrogens is 458 g/mol. The Bertz CT molecular complexity index is 1360. The van der Waals surface area contributed by atoms with Crippen LogP contribution in [0.4, 0.5) is 5.69 Å². The van der Waals surface area contributed by atoms with E-state index in [-0.39, 0.29) is 11.5 Å². The van der Waals surface area contributed by atoms with Gasteiger partial charge in [-0.15, -0.1) is 0 Å². The lowest BCUT2D eigenvalue weighted by atomic mass is 10.2. The second kappa shape index (κ2) is 9.51. The van der Waals surface area contributed by atoms with Gasteiger partial charge in [-0.25, -0.2) is 4.98 Å². The molecule has 1 aliphatic heterocycles. The zero-order valence-electron chi connectivity index (χ0n) is 18.0. The minimum absolute atomic E-state index is 0.225. The first-order valence-corrected chi connectivity index (χ1v) is 12.2. The lowest BCUT2D eigenvalue weighted by Crippen LogP contribution is -2.47. The lowest BCUT2D eigenvalue weighted by Gasteiger charge is -2.36. The predicted molar refractivity (Wildman–Crippen MR) is 134 cm³/mol. The summed E-state index contributed by atoms with van der Waals surface area (Å²) in [6.07, 6.45) is 0.854. The van der Waals surface area contributed by atoms with Crippen molar-refractivity contribution in [2.45, 2.75) is 6.42 Å². The number of hydrogen-bond donors (Lipinski definition) is 1. The first kappa shape index (κ1) is 21.9. The van der Waals surface area contributed by atoms with Crippen LogP contribution in [0.15, 0.2) is 59.4 Å². The summed E-state index contributed by atoms with van der Waals surface area (Å²) in [4.78, 5) is 35.4. The van der Waals surface area contributed by atoms with Crippen LogP contribution in [0.3, 0.4) is 0 Å². The van der Waals surface area contributed by atoms with Gasteiger partial charge in [-0.2, -0.15) is 0 Å². The average molecular weight is 482 g/mol. The molecule has 0 saturated carbocycles. The summed E-state index contributed by atoms with van der Waals surface area (Å²) < 4.78 is 1.56. The number of hydrogen-bond acceptors (Lipinski definition) is 6. The van der Waals surface area contributed by atoms with Gasteiger partial charge in [0.1, 0.15) is 4.88 Å². The Morgan fingerprint density at radius 2 is 1.88 bits per heavy atom. The average Bonchev–Trinajstić information content (AvgIpc) is 3.21. The maximum Gasteiger partial charge on any atom is 0.261 e. The Labute approximate surface area is 200 Å². The smallest absolute Gasteiger partial charge is 0.261 e. The van der Waals surface area contributed by atoms with E-state index in [0.29, 0.717) is 16.4 Å². The van der Waals surface area contributed by atoms with Crippen LogP contribution < -0.4 is 15.8 Å². The number of carbonyl (C=O) groups excluding carboxylic acids is 1. The third kappa shape index (κ3) is 4.73. The molecule has 5 rings (SSSR count). The van der Waals surface area contributed by atoms with Crippen LogP contribution in [-0.2, 0) is 0 Å². The quantitative estimate of drug-likeness (QED) is 0.427. The topological polar surface area (TPSA) is 70.0 Å². The molecule has 0 aliphatic carbocycles. The number of para-hydroxylation sites is 2. The van der Waals surface area contributed by atoms with Gasteiger partial charge in [0.2, 0.25) is 0 Å². The maximum atomic E-state index is 12.6. The van der Waals surface area contributed by atoms with E-state index in [1.165, 1.54) is 17.4 Å². The molecule has 3 heterocycles. The number of nitrogens with zero attached hydrogens (tertiary/aromatic N) is 4. The van der Waals surface area contributed by atoms with Crippen molar-refractivity contribution in [2.75, 3.05) is 44.2 Å². The first-order valence-electron chi connectivity index (χ1n) is 11.0. The van der Waals surface area contributed by atoms with Gasteiger partial charge in [0.05, 0.1) is 11.0 Å². The monoisotopic (exact) mass is 481 g/mol. The van der Waals surface area contributed by atoms with Crippen molar-refractivity contribution in [1.82, 2.24) is 19.6 Å². The SMILES string of the molecule is O=C(NCCCN1CCN(c2cccc(Cl)c2)CC1)c1cc(=O)n2c(nc3ccccc32)s1. The minimum atomic E-state index is -0.236. The van der Waals surface area contributed by atoms with Crippen LogP contribution in [0, 0.1) is 0 Å². The molecule has 9 heteroatoms. The molecule has 1 N–H and O–H groups in total. The molecular formula is C24H24ClN5O2S. The maximum absolute atomic E-state index is 12.6. The van der Waals surface area contributed by atoms with E-state index in [0.717, 1.165) is 60.9 Å². The van der Waals surface area contributed by atoms with Gasteiger partial charge < -0.3 is 10.2 Å². The molecule has 0 spiro atoms. The number of anilines is 1. The molecule has 0 bridgehead atoms. The van der Waals surface area contributed by atoms with E-state index in [9.17, 15) is 9.59 Å². The fourth-order valence-electron chi connectivity index (χ4n) is 4.20. The molecule has 1 amide bonds. The molecule has 2 aromatic carbocycles. The second-order valence-corrected chi connectivity index (χ2v) is 9.53. The molecule has 1 aliphatic rings. The molecule has 7 nitrogen and oxygen atoms in total. The van der Waals surface area contributed by atoms with E-state index < -0.39 is 0 Å². The number of fused-ring (bicyclic) bond motifs is 3. The Morgan fingerprint density at radius 3 is 2.70 bits per heavy atom. The first-order chi connectivity index (χ1) is 16.1. The highest BCUT2D eigenvalue weighted by molar-refractivity contribution is 7.18. The highest BCUT2D eigenvalue weighted by Crippen LogP contribution is 2.21. The third-order valence-corrected chi connectivity index (χ3v) is 7.13. The van der Waals surface area contributed by atoms with E-state index in [1.807, 2.05) is 42.5 Å². The van der Waals surface area contributed by atoms with Crippen molar-refractivity contribution in [1.29, 1.82) is 0 Å². The highest BCUT2D eigenvalue weighted by Gasteiger charge is 2.17. The van der Waals surface area contributed by atoms with Gasteiger partial charge in [-0.1, -0.05) is 41.1 Å². The van der Waals surface area contributed by atoms with Gasteiger partial charge in [0.15, 0.2) is 4.96 Å². The van der Waals surface area contributed by atoms with Gasteiger partial charge in [0.25, 0.3) is 11.5 Å². The van der Waals surface area contributed by atoms with Gasteiger partial charge >= 0.3 is 0 Å². The minimum Gasteiger partial charge on any atom is -0.369 e. The largest absolute Gasteiger partial charge is 0.369 e. The van der Waals surface area contributed by atoms with Crippen molar-refractivity contribution < 1.29 is 4.79 Å². The lowest BCUT2D eigenvalue weighted by molar-refractivity contribution is 0.0955. The summed E-state index contributed by atoms with van der Waals surface area (Å²) in [7, 11) is 0. The molecule has 0 atom stereocenters. The number of imidazole rings is 1. The molecule has 4 aromatic rings. The molecule has 1 saturated heterocycles. The fourth-order valence-corrected chi connectivity index (χ4v) is 5.33. The summed E-state index contributed by atoms with van der Waals surface area (Å²) in [5, 5.41) is 3.71. The van der Waals surface area contributed by atoms with Crippen LogP contribution in [0.2, 0.25) is 5.02 Å². The third-order valence-electron chi connectivity index (χ3n) is 5.91. The normalized spacial score (nSPS) is 14.8. The van der Waals surface area contributed by atoms with Gasteiger partial charge in [0, 0.05) is 49.5 Å². The Morgan fingerprint density at radius 1 is 1.06 bits per heavy atom. The Balaban J connectivity index is 1.12. The molecule has 0 radical (unpaired) electrons. The number of nitrogens with one attached hydrogen (secondary N) is 1. The molecule has 170 valence electrons. The zero-order valence-corrected chi connectivity index (χ0v) is 19.6. The summed E-state index contributed by atoms with van der Waals surface area (Å²) in [6, 6.07) is 16.9. The van der Waals surface area contributed by atoms with Crippen molar-refractivity contribution in [3.8, 4) is 0 Å². The van der Waals surface area contributed by atoms with Crippen LogP contribution >= 0.6 is 22.9 Å². The molecule has 1 fully saturated rings. The van der Waals surface area contributed by atoms with E-state index in [1.54, 1.807) is 4.40 Å². The summed E-state index contributed by atoms with van der Waals surface area (Å²) >= 11 is 7.34. The van der Waals surface area contributed by atoms with E-state index in [2.05, 4.69) is 26.2 Å². The van der Waals surface area contributed by atoms with Crippen LogP contribution in [0.5, 0.6) is 0 Å². The highest BCUT2D eigenvalue weighted by atomic mass is 35.5. The van der Waals surface area contributed by atoms with Gasteiger partial charge in [-0.3, -0.25) is 18.9 Å². The second-order valence-electron chi connectivity index (χ2n) is 8.09. The number of aromatic nitrogens is 2. The molecule has 0 unspecified atom stereocenters. The fraction of sp³-hybridized carbons (Fsp3) is 0.292. The Kier molecular flexibility index (Phi) is 6.30. The van der Waals surface area contributed by atoms with Crippen molar-refractivity contribution in [3.63, 3.8) is 0 Å². The number of halogens is 1. The van der Waals surface area contributed by atoms with Crippen molar-refractivity contribution >= 4 is 50.5 Å². The molecule has 2 aromatic heterocycles. The zero-order chi connectivity index (χ0) is 22.8. The Hall–Kier alpha value is -2.94. The summed E-state index contributed by atoms with van der Waals surface area (Å²) in [5.74, 6) is -0.225. The predicted octanol–water partition coefficient (Wildman–Crippen LogP) is 3.50. The van der Waals surface area contributed by atoms with Crippen molar-refractivity contribution in [2.24, 2.45) is 0 Å². The van der Waals surface area contributed by atoms with Crippen LogP contribution in [-0.4, -0.2) is 59.5 Å². The van der Waals surface area contributed by atoms with Crippen LogP contribution in [0.1, 0.15) is 16.1 Å². The van der Waals surface area contributed by atoms with Crippen LogP contribution in [0.25, 0.3) is 16.0 Å². The number of rotatable bonds is 6. The van der Waals surface area contributed by atoms with E-state index in [4.69, 9.17) is 11.6 Å². The van der Waals surface area contributed by atoms with E-state index >= 15 is 0 Å². The molecule has 33 heavy (non-hydrogen) atoms. The number of benzene rings is 2. The van der Waals surface area contributed by atoms with Gasteiger partial charge in [-0.05, 0) is 43.3 Å². The number of piperazine rings is 1. The standard InChI is InChI=1S/C24H24ClN5O2S/c25-17-5-3-6-18(15-17)29-13-11-28(12-14-29)10-4-9-26-23(32)21-16-22(31)30-20-8-2-1-7-19(20)27-24(30)33-21/h1-3,5-8,15-16H,4,9-14H2,(H,26,32). The summed E-state index contributed by atoms with van der Waals surface area (Å²) in [5.41, 5.74) is 2.44. The number of amides is 1. The summed E-state index contributed by atoms with van der Waals surface area (Å²) in [6.45, 7) is 5.36. The van der Waals surface area contributed by atoms with Crippen molar-refractivity contribution in [3.05, 3.63) is 74.9 Å². The number of carbonyl (C=O) groups is 1.